The SMILES string of the molecule is Cc1cccc(OC(C)C(=O)N2CCC[C@H]2CO)c1. The molecule has 0 saturated carbocycles. The second kappa shape index (κ2) is 6.06. The number of carbonyl (C=O) groups excluding carboxylic acids is 1. The smallest absolute Gasteiger partial charge is 0.263 e. The summed E-state index contributed by atoms with van der Waals surface area (Å²) in [5.41, 5.74) is 1.10. The van der Waals surface area contributed by atoms with Crippen LogP contribution in [0.4, 0.5) is 0 Å². The van der Waals surface area contributed by atoms with Gasteiger partial charge in [-0.05, 0) is 44.4 Å². The van der Waals surface area contributed by atoms with Crippen molar-refractivity contribution >= 4 is 5.91 Å². The summed E-state index contributed by atoms with van der Waals surface area (Å²) in [7, 11) is 0. The molecule has 1 amide bonds. The van der Waals surface area contributed by atoms with Crippen molar-refractivity contribution in [2.24, 2.45) is 0 Å². The first-order valence-corrected chi connectivity index (χ1v) is 6.76. The maximum Gasteiger partial charge on any atom is 0.263 e. The van der Waals surface area contributed by atoms with Crippen LogP contribution in [0.3, 0.4) is 0 Å². The van der Waals surface area contributed by atoms with Crippen molar-refractivity contribution in [2.45, 2.75) is 38.8 Å². The first-order chi connectivity index (χ1) is 9.11. The van der Waals surface area contributed by atoms with E-state index in [0.717, 1.165) is 18.4 Å². The third-order valence-electron chi connectivity index (χ3n) is 3.52. The molecule has 1 fully saturated rings. The highest BCUT2D eigenvalue weighted by atomic mass is 16.5. The van der Waals surface area contributed by atoms with Gasteiger partial charge in [-0.15, -0.1) is 0 Å². The molecule has 2 atom stereocenters. The van der Waals surface area contributed by atoms with Gasteiger partial charge < -0.3 is 14.7 Å². The predicted octanol–water partition coefficient (Wildman–Crippen LogP) is 1.75. The fraction of sp³-hybridized carbons (Fsp3) is 0.533. The van der Waals surface area contributed by atoms with Crippen LogP contribution in [0.5, 0.6) is 5.75 Å². The van der Waals surface area contributed by atoms with E-state index in [-0.39, 0.29) is 18.6 Å². The molecule has 1 aromatic carbocycles. The average Bonchev–Trinajstić information content (AvgIpc) is 2.86. The van der Waals surface area contributed by atoms with E-state index in [1.54, 1.807) is 11.8 Å². The van der Waals surface area contributed by atoms with Crippen LogP contribution >= 0.6 is 0 Å². The highest BCUT2D eigenvalue weighted by Gasteiger charge is 2.31. The van der Waals surface area contributed by atoms with E-state index in [1.807, 2.05) is 31.2 Å². The monoisotopic (exact) mass is 263 g/mol. The molecule has 0 radical (unpaired) electrons. The molecule has 4 heteroatoms. The van der Waals surface area contributed by atoms with Crippen LogP contribution in [-0.4, -0.2) is 41.2 Å². The van der Waals surface area contributed by atoms with Gasteiger partial charge in [-0.2, -0.15) is 0 Å². The summed E-state index contributed by atoms with van der Waals surface area (Å²) in [6.07, 6.45) is 1.31. The van der Waals surface area contributed by atoms with Gasteiger partial charge in [0.1, 0.15) is 5.75 Å². The lowest BCUT2D eigenvalue weighted by Crippen LogP contribution is -2.44. The van der Waals surface area contributed by atoms with E-state index in [1.165, 1.54) is 0 Å². The number of nitrogens with zero attached hydrogens (tertiary/aromatic N) is 1. The molecule has 2 rings (SSSR count). The van der Waals surface area contributed by atoms with Gasteiger partial charge in [0.15, 0.2) is 6.10 Å². The minimum atomic E-state index is -0.519. The maximum atomic E-state index is 12.3. The van der Waals surface area contributed by atoms with Gasteiger partial charge >= 0.3 is 0 Å². The second-order valence-corrected chi connectivity index (χ2v) is 5.09. The van der Waals surface area contributed by atoms with E-state index >= 15 is 0 Å². The molecule has 0 aliphatic carbocycles. The van der Waals surface area contributed by atoms with Crippen LogP contribution in [-0.2, 0) is 4.79 Å². The minimum absolute atomic E-state index is 0.0307. The summed E-state index contributed by atoms with van der Waals surface area (Å²) >= 11 is 0. The number of hydrogen-bond acceptors (Lipinski definition) is 3. The molecule has 0 spiro atoms. The Hall–Kier alpha value is -1.55. The highest BCUT2D eigenvalue weighted by molar-refractivity contribution is 5.81. The van der Waals surface area contributed by atoms with Gasteiger partial charge in [0.2, 0.25) is 0 Å². The maximum absolute atomic E-state index is 12.3. The fourth-order valence-corrected chi connectivity index (χ4v) is 2.49. The van der Waals surface area contributed by atoms with Crippen molar-refractivity contribution in [3.05, 3.63) is 29.8 Å². The van der Waals surface area contributed by atoms with Crippen molar-refractivity contribution in [3.8, 4) is 5.75 Å². The first kappa shape index (κ1) is 13.9. The summed E-state index contributed by atoms with van der Waals surface area (Å²) in [5, 5.41) is 9.26. The number of aryl methyl sites for hydroxylation is 1. The number of benzene rings is 1. The summed E-state index contributed by atoms with van der Waals surface area (Å²) < 4.78 is 5.69. The van der Waals surface area contributed by atoms with Crippen LogP contribution in [0, 0.1) is 6.92 Å². The largest absolute Gasteiger partial charge is 0.481 e. The number of likely N-dealkylation sites (tertiary alicyclic amines) is 1. The molecule has 1 N–H and O–H groups in total. The van der Waals surface area contributed by atoms with Gasteiger partial charge in [0.25, 0.3) is 5.91 Å². The van der Waals surface area contributed by atoms with Crippen LogP contribution < -0.4 is 4.74 Å². The molecule has 0 aromatic heterocycles. The number of amides is 1. The molecule has 1 aliphatic rings. The number of carbonyl (C=O) groups is 1. The Morgan fingerprint density at radius 1 is 1.58 bits per heavy atom. The summed E-state index contributed by atoms with van der Waals surface area (Å²) in [5.74, 6) is 0.665. The summed E-state index contributed by atoms with van der Waals surface area (Å²) in [4.78, 5) is 14.0. The Bertz CT molecular complexity index is 447. The topological polar surface area (TPSA) is 49.8 Å². The summed E-state index contributed by atoms with van der Waals surface area (Å²) in [6.45, 7) is 4.49. The number of hydrogen-bond donors (Lipinski definition) is 1. The molecule has 19 heavy (non-hydrogen) atoms. The molecule has 1 unspecified atom stereocenters. The Morgan fingerprint density at radius 3 is 3.05 bits per heavy atom. The fourth-order valence-electron chi connectivity index (χ4n) is 2.49. The van der Waals surface area contributed by atoms with E-state index in [0.29, 0.717) is 12.3 Å². The molecular weight excluding hydrogens is 242 g/mol. The molecule has 104 valence electrons. The lowest BCUT2D eigenvalue weighted by atomic mass is 10.2. The van der Waals surface area contributed by atoms with E-state index in [2.05, 4.69) is 0 Å². The lowest BCUT2D eigenvalue weighted by Gasteiger charge is -2.26. The number of aliphatic hydroxyl groups is 1. The molecule has 1 aliphatic heterocycles. The minimum Gasteiger partial charge on any atom is -0.481 e. The van der Waals surface area contributed by atoms with E-state index < -0.39 is 6.10 Å². The summed E-state index contributed by atoms with van der Waals surface area (Å²) in [6, 6.07) is 7.62. The van der Waals surface area contributed by atoms with Crippen molar-refractivity contribution in [1.82, 2.24) is 4.90 Å². The third kappa shape index (κ3) is 3.26. The van der Waals surface area contributed by atoms with Crippen molar-refractivity contribution in [2.75, 3.05) is 13.2 Å². The quantitative estimate of drug-likeness (QED) is 0.900. The van der Waals surface area contributed by atoms with E-state index in [4.69, 9.17) is 4.74 Å². The van der Waals surface area contributed by atoms with Crippen molar-refractivity contribution in [3.63, 3.8) is 0 Å². The standard InChI is InChI=1S/C15H21NO3/c1-11-5-3-7-14(9-11)19-12(2)15(18)16-8-4-6-13(16)10-17/h3,5,7,9,12-13,17H,4,6,8,10H2,1-2H3/t12?,13-/m0/s1. The zero-order valence-electron chi connectivity index (χ0n) is 11.5. The van der Waals surface area contributed by atoms with Crippen LogP contribution in [0.15, 0.2) is 24.3 Å². The van der Waals surface area contributed by atoms with Gasteiger partial charge in [-0.3, -0.25) is 4.79 Å². The number of aliphatic hydroxyl groups excluding tert-OH is 1. The molecule has 0 bridgehead atoms. The zero-order valence-corrected chi connectivity index (χ0v) is 11.5. The predicted molar refractivity (Wildman–Crippen MR) is 73.1 cm³/mol. The van der Waals surface area contributed by atoms with Gasteiger partial charge in [0, 0.05) is 6.54 Å². The van der Waals surface area contributed by atoms with Gasteiger partial charge in [0.05, 0.1) is 12.6 Å². The molecular formula is C15H21NO3. The Morgan fingerprint density at radius 2 is 2.37 bits per heavy atom. The lowest BCUT2D eigenvalue weighted by molar-refractivity contribution is -0.139. The van der Waals surface area contributed by atoms with E-state index in [9.17, 15) is 9.90 Å². The Balaban J connectivity index is 1.99. The average molecular weight is 263 g/mol. The normalized spacial score (nSPS) is 20.4. The first-order valence-electron chi connectivity index (χ1n) is 6.76. The van der Waals surface area contributed by atoms with Crippen LogP contribution in [0.2, 0.25) is 0 Å². The molecule has 4 nitrogen and oxygen atoms in total. The zero-order chi connectivity index (χ0) is 13.8. The molecule has 1 saturated heterocycles. The third-order valence-corrected chi connectivity index (χ3v) is 3.52. The number of ether oxygens (including phenoxy) is 1. The van der Waals surface area contributed by atoms with Crippen molar-refractivity contribution in [1.29, 1.82) is 0 Å². The van der Waals surface area contributed by atoms with Crippen molar-refractivity contribution < 1.29 is 14.6 Å². The number of rotatable bonds is 4. The van der Waals surface area contributed by atoms with Crippen LogP contribution in [0.25, 0.3) is 0 Å². The molecule has 1 heterocycles. The van der Waals surface area contributed by atoms with Gasteiger partial charge in [-0.1, -0.05) is 12.1 Å². The Labute approximate surface area is 114 Å². The Kier molecular flexibility index (Phi) is 4.43. The molecule has 1 aromatic rings. The van der Waals surface area contributed by atoms with Gasteiger partial charge in [-0.25, -0.2) is 0 Å². The highest BCUT2D eigenvalue weighted by Crippen LogP contribution is 2.20. The van der Waals surface area contributed by atoms with Crippen LogP contribution in [0.1, 0.15) is 25.3 Å². The second-order valence-electron chi connectivity index (χ2n) is 5.09.